The van der Waals surface area contributed by atoms with Crippen molar-refractivity contribution in [3.05, 3.63) is 75.5 Å². The lowest BCUT2D eigenvalue weighted by Crippen LogP contribution is -2.29. The minimum Gasteiger partial charge on any atom is -0.507 e. The summed E-state index contributed by atoms with van der Waals surface area (Å²) >= 11 is 1.42. The molecule has 0 radical (unpaired) electrons. The van der Waals surface area contributed by atoms with Gasteiger partial charge in [0.05, 0.1) is 26.4 Å². The molecule has 8 heteroatoms. The first-order valence-electron chi connectivity index (χ1n) is 10.7. The molecule has 1 aliphatic heterocycles. The molecule has 0 saturated carbocycles. The van der Waals surface area contributed by atoms with E-state index in [2.05, 4.69) is 0 Å². The van der Waals surface area contributed by atoms with Gasteiger partial charge in [0.2, 0.25) is 0 Å². The number of nitrogens with zero attached hydrogens (tertiary/aromatic N) is 1. The molecule has 1 unspecified atom stereocenters. The van der Waals surface area contributed by atoms with Gasteiger partial charge in [0.15, 0.2) is 11.5 Å². The van der Waals surface area contributed by atoms with Crippen molar-refractivity contribution < 1.29 is 28.9 Å². The lowest BCUT2D eigenvalue weighted by atomic mass is 9.98. The number of methoxy groups -OCH3 is 2. The van der Waals surface area contributed by atoms with Crippen molar-refractivity contribution in [2.24, 2.45) is 0 Å². The van der Waals surface area contributed by atoms with Crippen molar-refractivity contribution in [3.63, 3.8) is 0 Å². The van der Waals surface area contributed by atoms with E-state index in [-0.39, 0.29) is 11.3 Å². The SMILES string of the molecule is CCOc1ccc(/C(O)=C2/C(=O)C(=O)N(c3ccc(OC)c(OC)c3)C2c2sccc2C)cc1. The molecule has 1 saturated heterocycles. The van der Waals surface area contributed by atoms with Gasteiger partial charge in [0.25, 0.3) is 11.7 Å². The number of benzene rings is 2. The summed E-state index contributed by atoms with van der Waals surface area (Å²) in [6.45, 7) is 4.31. The maximum absolute atomic E-state index is 13.3. The highest BCUT2D eigenvalue weighted by atomic mass is 32.1. The van der Waals surface area contributed by atoms with Crippen molar-refractivity contribution in [1.82, 2.24) is 0 Å². The molecule has 1 N–H and O–H groups in total. The van der Waals surface area contributed by atoms with Crippen molar-refractivity contribution in [3.8, 4) is 17.2 Å². The largest absolute Gasteiger partial charge is 0.507 e. The molecule has 7 nitrogen and oxygen atoms in total. The Bertz CT molecular complexity index is 1260. The maximum atomic E-state index is 13.3. The van der Waals surface area contributed by atoms with Crippen molar-refractivity contribution in [1.29, 1.82) is 0 Å². The molecule has 2 aromatic carbocycles. The van der Waals surface area contributed by atoms with Crippen molar-refractivity contribution in [2.75, 3.05) is 25.7 Å². The first kappa shape index (κ1) is 23.4. The monoisotopic (exact) mass is 479 g/mol. The number of Topliss-reactive ketones (excluding diaryl/α,β-unsaturated/α-hetero) is 1. The van der Waals surface area contributed by atoms with Crippen LogP contribution >= 0.6 is 11.3 Å². The first-order chi connectivity index (χ1) is 16.4. The van der Waals surface area contributed by atoms with Crippen LogP contribution < -0.4 is 19.1 Å². The number of hydrogen-bond acceptors (Lipinski definition) is 7. The zero-order valence-corrected chi connectivity index (χ0v) is 20.1. The van der Waals surface area contributed by atoms with Gasteiger partial charge in [-0.05, 0) is 67.3 Å². The molecule has 1 amide bonds. The van der Waals surface area contributed by atoms with Crippen LogP contribution in [0.5, 0.6) is 17.2 Å². The van der Waals surface area contributed by atoms with Crippen LogP contribution in [-0.2, 0) is 9.59 Å². The number of aliphatic hydroxyl groups is 1. The number of amides is 1. The third-order valence-corrected chi connectivity index (χ3v) is 6.75. The molecule has 2 heterocycles. The lowest BCUT2D eigenvalue weighted by Gasteiger charge is -2.25. The van der Waals surface area contributed by atoms with E-state index >= 15 is 0 Å². The minimum absolute atomic E-state index is 0.0366. The van der Waals surface area contributed by atoms with E-state index in [0.29, 0.717) is 35.1 Å². The number of carbonyl (C=O) groups is 2. The van der Waals surface area contributed by atoms with Crippen LogP contribution in [0.1, 0.15) is 29.0 Å². The fraction of sp³-hybridized carbons (Fsp3) is 0.231. The van der Waals surface area contributed by atoms with Crippen LogP contribution in [0.25, 0.3) is 5.76 Å². The van der Waals surface area contributed by atoms with Crippen LogP contribution in [0.4, 0.5) is 5.69 Å². The van der Waals surface area contributed by atoms with Crippen LogP contribution in [-0.4, -0.2) is 37.6 Å². The molecule has 3 aromatic rings. The van der Waals surface area contributed by atoms with E-state index < -0.39 is 17.7 Å². The molecule has 0 spiro atoms. The van der Waals surface area contributed by atoms with Gasteiger partial charge in [0, 0.05) is 22.2 Å². The topological polar surface area (TPSA) is 85.3 Å². The number of aryl methyl sites for hydroxylation is 1. The van der Waals surface area contributed by atoms with Gasteiger partial charge >= 0.3 is 0 Å². The standard InChI is InChI=1S/C26H25NO6S/c1-5-33-18-9-6-16(7-10-18)23(28)21-22(25-15(2)12-13-34-25)27(26(30)24(21)29)17-8-11-19(31-3)20(14-17)32-4/h6-14,22,28H,5H2,1-4H3/b23-21-. The van der Waals surface area contributed by atoms with Crippen LogP contribution in [0.3, 0.4) is 0 Å². The molecule has 4 rings (SSSR count). The Morgan fingerprint density at radius 3 is 2.32 bits per heavy atom. The zero-order chi connectivity index (χ0) is 24.4. The molecule has 1 fully saturated rings. The number of ketones is 1. The Labute approximate surface area is 201 Å². The van der Waals surface area contributed by atoms with Crippen LogP contribution in [0.2, 0.25) is 0 Å². The highest BCUT2D eigenvalue weighted by Crippen LogP contribution is 2.46. The molecule has 1 aliphatic rings. The quantitative estimate of drug-likeness (QED) is 0.288. The minimum atomic E-state index is -0.787. The second-order valence-electron chi connectivity index (χ2n) is 7.63. The fourth-order valence-corrected chi connectivity index (χ4v) is 5.04. The Balaban J connectivity index is 1.89. The van der Waals surface area contributed by atoms with Gasteiger partial charge in [-0.2, -0.15) is 0 Å². The normalized spacial score (nSPS) is 17.2. The summed E-state index contributed by atoms with van der Waals surface area (Å²) in [5.41, 5.74) is 1.84. The van der Waals surface area contributed by atoms with Gasteiger partial charge in [0.1, 0.15) is 17.6 Å². The molecule has 34 heavy (non-hydrogen) atoms. The first-order valence-corrected chi connectivity index (χ1v) is 11.6. The fourth-order valence-electron chi connectivity index (χ4n) is 4.02. The summed E-state index contributed by atoms with van der Waals surface area (Å²) in [4.78, 5) is 28.8. The number of thiophene rings is 1. The van der Waals surface area contributed by atoms with Crippen LogP contribution in [0.15, 0.2) is 59.5 Å². The molecule has 176 valence electrons. The zero-order valence-electron chi connectivity index (χ0n) is 19.3. The van der Waals surface area contributed by atoms with Gasteiger partial charge < -0.3 is 19.3 Å². The Kier molecular flexibility index (Phi) is 6.61. The van der Waals surface area contributed by atoms with E-state index in [1.54, 1.807) is 42.5 Å². The Hall–Kier alpha value is -3.78. The van der Waals surface area contributed by atoms with Crippen LogP contribution in [0, 0.1) is 6.92 Å². The van der Waals surface area contributed by atoms with Gasteiger partial charge in [-0.15, -0.1) is 11.3 Å². The summed E-state index contributed by atoms with van der Waals surface area (Å²) in [6.07, 6.45) is 0. The molecular formula is C26H25NO6S. The average Bonchev–Trinajstić information content (AvgIpc) is 3.39. The highest BCUT2D eigenvalue weighted by molar-refractivity contribution is 7.10. The number of ether oxygens (including phenoxy) is 3. The van der Waals surface area contributed by atoms with Gasteiger partial charge in [-0.3, -0.25) is 14.5 Å². The lowest BCUT2D eigenvalue weighted by molar-refractivity contribution is -0.132. The number of rotatable bonds is 7. The number of anilines is 1. The third kappa shape index (κ3) is 4.01. The van der Waals surface area contributed by atoms with E-state index in [1.807, 2.05) is 25.3 Å². The van der Waals surface area contributed by atoms with Gasteiger partial charge in [-0.25, -0.2) is 0 Å². The second kappa shape index (κ2) is 9.61. The molecule has 0 aliphatic carbocycles. The van der Waals surface area contributed by atoms with E-state index in [0.717, 1.165) is 10.4 Å². The third-order valence-electron chi connectivity index (χ3n) is 5.68. The Morgan fingerprint density at radius 1 is 1.03 bits per heavy atom. The highest BCUT2D eigenvalue weighted by Gasteiger charge is 2.48. The molecule has 0 bridgehead atoms. The summed E-state index contributed by atoms with van der Waals surface area (Å²) in [5, 5.41) is 13.1. The number of carbonyl (C=O) groups excluding carboxylic acids is 2. The maximum Gasteiger partial charge on any atom is 0.300 e. The molecular weight excluding hydrogens is 454 g/mol. The summed E-state index contributed by atoms with van der Waals surface area (Å²) in [6, 6.07) is 12.9. The summed E-state index contributed by atoms with van der Waals surface area (Å²) < 4.78 is 16.2. The smallest absolute Gasteiger partial charge is 0.300 e. The predicted molar refractivity (Wildman–Crippen MR) is 131 cm³/mol. The van der Waals surface area contributed by atoms with E-state index in [9.17, 15) is 14.7 Å². The van der Waals surface area contributed by atoms with Crippen molar-refractivity contribution in [2.45, 2.75) is 19.9 Å². The summed E-state index contributed by atoms with van der Waals surface area (Å²) in [5.74, 6) is -0.134. The summed E-state index contributed by atoms with van der Waals surface area (Å²) in [7, 11) is 3.03. The van der Waals surface area contributed by atoms with E-state index in [1.165, 1.54) is 30.5 Å². The second-order valence-corrected chi connectivity index (χ2v) is 8.58. The van der Waals surface area contributed by atoms with Crippen molar-refractivity contribution >= 4 is 34.5 Å². The average molecular weight is 480 g/mol. The molecule has 1 atom stereocenters. The number of hydrogen-bond donors (Lipinski definition) is 1. The Morgan fingerprint density at radius 2 is 1.74 bits per heavy atom. The number of aliphatic hydroxyl groups excluding tert-OH is 1. The predicted octanol–water partition coefficient (Wildman–Crippen LogP) is 5.10. The van der Waals surface area contributed by atoms with Gasteiger partial charge in [-0.1, -0.05) is 0 Å². The molecule has 1 aromatic heterocycles. The van der Waals surface area contributed by atoms with E-state index in [4.69, 9.17) is 14.2 Å².